The summed E-state index contributed by atoms with van der Waals surface area (Å²) in [6.07, 6.45) is 3.22. The number of hydrogen-bond acceptors (Lipinski definition) is 4. The van der Waals surface area contributed by atoms with Crippen molar-refractivity contribution in [2.24, 2.45) is 0 Å². The lowest BCUT2D eigenvalue weighted by Gasteiger charge is -2.19. The van der Waals surface area contributed by atoms with Crippen LogP contribution in [-0.4, -0.2) is 28.2 Å². The van der Waals surface area contributed by atoms with Crippen LogP contribution in [0.5, 0.6) is 5.75 Å². The van der Waals surface area contributed by atoms with E-state index in [9.17, 15) is 9.90 Å². The van der Waals surface area contributed by atoms with Crippen LogP contribution in [0, 0.1) is 6.92 Å². The van der Waals surface area contributed by atoms with Gasteiger partial charge in [-0.3, -0.25) is 9.78 Å². The number of amides is 1. The largest absolute Gasteiger partial charge is 0.490 e. The van der Waals surface area contributed by atoms with Gasteiger partial charge in [-0.25, -0.2) is 0 Å². The first-order valence-electron chi connectivity index (χ1n) is 7.02. The van der Waals surface area contributed by atoms with Gasteiger partial charge in [-0.2, -0.15) is 0 Å². The maximum absolute atomic E-state index is 12.4. The number of aliphatic hydroxyl groups is 1. The normalized spacial score (nSPS) is 11.1. The highest BCUT2D eigenvalue weighted by Gasteiger charge is 2.18. The van der Waals surface area contributed by atoms with Crippen LogP contribution in [0.25, 0.3) is 0 Å². The number of benzene rings is 1. The summed E-state index contributed by atoms with van der Waals surface area (Å²) in [5.74, 6) is 0.180. The Kier molecular flexibility index (Phi) is 4.78. The highest BCUT2D eigenvalue weighted by Crippen LogP contribution is 2.22. The van der Waals surface area contributed by atoms with Crippen LogP contribution < -0.4 is 10.1 Å². The molecule has 0 aliphatic rings. The minimum Gasteiger partial charge on any atom is -0.490 e. The molecule has 0 aliphatic carbocycles. The minimum absolute atomic E-state index is 0.103. The molecule has 0 saturated carbocycles. The summed E-state index contributed by atoms with van der Waals surface area (Å²) in [7, 11) is 0. The first-order valence-corrected chi connectivity index (χ1v) is 7.02. The summed E-state index contributed by atoms with van der Waals surface area (Å²) in [5.41, 5.74) is 1.08. The van der Waals surface area contributed by atoms with Gasteiger partial charge >= 0.3 is 0 Å². The van der Waals surface area contributed by atoms with Gasteiger partial charge in [-0.05, 0) is 45.0 Å². The zero-order valence-corrected chi connectivity index (χ0v) is 13.0. The van der Waals surface area contributed by atoms with Crippen LogP contribution in [0.4, 0.5) is 5.69 Å². The van der Waals surface area contributed by atoms with Crippen LogP contribution in [0.3, 0.4) is 0 Å². The number of aryl methyl sites for hydroxylation is 1. The second-order valence-electron chi connectivity index (χ2n) is 5.79. The molecule has 0 fully saturated rings. The van der Waals surface area contributed by atoms with Crippen molar-refractivity contribution in [2.45, 2.75) is 26.4 Å². The first kappa shape index (κ1) is 16.0. The number of pyridine rings is 1. The van der Waals surface area contributed by atoms with Crippen molar-refractivity contribution in [1.82, 2.24) is 4.98 Å². The van der Waals surface area contributed by atoms with E-state index in [4.69, 9.17) is 4.74 Å². The average molecular weight is 300 g/mol. The Morgan fingerprint density at radius 1 is 1.27 bits per heavy atom. The molecular formula is C17H20N2O3. The van der Waals surface area contributed by atoms with E-state index in [1.165, 1.54) is 0 Å². The Hall–Kier alpha value is -2.40. The molecule has 1 aromatic heterocycles. The molecule has 0 bridgehead atoms. The molecule has 2 aromatic rings. The number of nitrogens with zero attached hydrogens (tertiary/aromatic N) is 1. The molecule has 116 valence electrons. The number of anilines is 1. The Balaban J connectivity index is 2.21. The number of nitrogens with one attached hydrogen (secondary N) is 1. The lowest BCUT2D eigenvalue weighted by Crippen LogP contribution is -2.28. The van der Waals surface area contributed by atoms with Gasteiger partial charge in [0, 0.05) is 18.1 Å². The van der Waals surface area contributed by atoms with E-state index in [0.29, 0.717) is 17.0 Å². The fraction of sp³-hybridized carbons (Fsp3) is 0.294. The van der Waals surface area contributed by atoms with E-state index >= 15 is 0 Å². The summed E-state index contributed by atoms with van der Waals surface area (Å²) >= 11 is 0. The summed E-state index contributed by atoms with van der Waals surface area (Å²) in [4.78, 5) is 16.3. The van der Waals surface area contributed by atoms with E-state index in [-0.39, 0.29) is 12.5 Å². The topological polar surface area (TPSA) is 71.5 Å². The van der Waals surface area contributed by atoms with Gasteiger partial charge in [0.15, 0.2) is 0 Å². The van der Waals surface area contributed by atoms with Gasteiger partial charge in [-0.1, -0.05) is 11.6 Å². The van der Waals surface area contributed by atoms with Crippen molar-refractivity contribution in [3.8, 4) is 5.75 Å². The molecule has 0 atom stereocenters. The van der Waals surface area contributed by atoms with E-state index in [1.54, 1.807) is 50.5 Å². The second kappa shape index (κ2) is 6.58. The third kappa shape index (κ3) is 4.56. The number of rotatable bonds is 5. The van der Waals surface area contributed by atoms with Crippen LogP contribution in [0.15, 0.2) is 42.7 Å². The molecule has 0 radical (unpaired) electrons. The number of aromatic nitrogens is 1. The number of carbonyl (C=O) groups is 1. The molecule has 0 unspecified atom stereocenters. The molecule has 1 aromatic carbocycles. The van der Waals surface area contributed by atoms with Crippen molar-refractivity contribution in [1.29, 1.82) is 0 Å². The molecule has 2 rings (SSSR count). The van der Waals surface area contributed by atoms with E-state index in [2.05, 4.69) is 10.3 Å². The van der Waals surface area contributed by atoms with Crippen LogP contribution in [-0.2, 0) is 0 Å². The Labute approximate surface area is 130 Å². The van der Waals surface area contributed by atoms with Crippen molar-refractivity contribution in [2.75, 3.05) is 11.9 Å². The van der Waals surface area contributed by atoms with E-state index in [1.807, 2.05) is 13.0 Å². The van der Waals surface area contributed by atoms with Gasteiger partial charge in [0.2, 0.25) is 0 Å². The molecule has 1 amide bonds. The summed E-state index contributed by atoms with van der Waals surface area (Å²) < 4.78 is 5.59. The second-order valence-corrected chi connectivity index (χ2v) is 5.79. The van der Waals surface area contributed by atoms with Gasteiger partial charge < -0.3 is 15.2 Å². The molecular weight excluding hydrogens is 280 g/mol. The SMILES string of the molecule is Cc1ccc(OCC(C)(C)O)c(C(=O)Nc2ccncc2)c1. The molecule has 0 aliphatic heterocycles. The van der Waals surface area contributed by atoms with Crippen molar-refractivity contribution < 1.29 is 14.6 Å². The maximum Gasteiger partial charge on any atom is 0.259 e. The highest BCUT2D eigenvalue weighted by molar-refractivity contribution is 6.06. The van der Waals surface area contributed by atoms with Crippen LogP contribution in [0.1, 0.15) is 29.8 Å². The summed E-state index contributed by atoms with van der Waals surface area (Å²) in [5, 5.41) is 12.6. The zero-order valence-electron chi connectivity index (χ0n) is 13.0. The van der Waals surface area contributed by atoms with Crippen LogP contribution >= 0.6 is 0 Å². The van der Waals surface area contributed by atoms with Gasteiger partial charge in [0.1, 0.15) is 12.4 Å². The molecule has 1 heterocycles. The molecule has 22 heavy (non-hydrogen) atoms. The Morgan fingerprint density at radius 3 is 2.59 bits per heavy atom. The zero-order chi connectivity index (χ0) is 16.2. The first-order chi connectivity index (χ1) is 10.3. The average Bonchev–Trinajstić information content (AvgIpc) is 2.46. The number of hydrogen-bond donors (Lipinski definition) is 2. The van der Waals surface area contributed by atoms with Gasteiger partial charge in [0.05, 0.1) is 11.2 Å². The molecule has 2 N–H and O–H groups in total. The third-order valence-corrected chi connectivity index (χ3v) is 2.90. The summed E-state index contributed by atoms with van der Waals surface area (Å²) in [6.45, 7) is 5.31. The van der Waals surface area contributed by atoms with Gasteiger partial charge in [0.25, 0.3) is 5.91 Å². The fourth-order valence-electron chi connectivity index (χ4n) is 1.84. The van der Waals surface area contributed by atoms with E-state index in [0.717, 1.165) is 5.56 Å². The predicted molar refractivity (Wildman–Crippen MR) is 85.2 cm³/mol. The molecule has 5 heteroatoms. The quantitative estimate of drug-likeness (QED) is 0.890. The predicted octanol–water partition coefficient (Wildman–Crippen LogP) is 2.79. The van der Waals surface area contributed by atoms with Crippen molar-refractivity contribution in [3.63, 3.8) is 0 Å². The number of carbonyl (C=O) groups excluding carboxylic acids is 1. The highest BCUT2D eigenvalue weighted by atomic mass is 16.5. The van der Waals surface area contributed by atoms with Gasteiger partial charge in [-0.15, -0.1) is 0 Å². The van der Waals surface area contributed by atoms with Crippen molar-refractivity contribution >= 4 is 11.6 Å². The van der Waals surface area contributed by atoms with E-state index < -0.39 is 5.60 Å². The monoisotopic (exact) mass is 300 g/mol. The minimum atomic E-state index is -0.969. The number of ether oxygens (including phenoxy) is 1. The lowest BCUT2D eigenvalue weighted by atomic mass is 10.1. The Bertz CT molecular complexity index is 649. The maximum atomic E-state index is 12.4. The van der Waals surface area contributed by atoms with Crippen molar-refractivity contribution in [3.05, 3.63) is 53.9 Å². The fourth-order valence-corrected chi connectivity index (χ4v) is 1.84. The standard InChI is InChI=1S/C17H20N2O3/c1-12-4-5-15(22-11-17(2,3)21)14(10-12)16(20)19-13-6-8-18-9-7-13/h4-10,21H,11H2,1-3H3,(H,18,19,20). The smallest absolute Gasteiger partial charge is 0.259 e. The third-order valence-electron chi connectivity index (χ3n) is 2.90. The molecule has 5 nitrogen and oxygen atoms in total. The molecule has 0 saturated heterocycles. The lowest BCUT2D eigenvalue weighted by molar-refractivity contribution is 0.0281. The Morgan fingerprint density at radius 2 is 1.95 bits per heavy atom. The molecule has 0 spiro atoms. The van der Waals surface area contributed by atoms with Crippen LogP contribution in [0.2, 0.25) is 0 Å². The summed E-state index contributed by atoms with van der Waals surface area (Å²) in [6, 6.07) is 8.79.